The molecule has 7 heteroatoms. The van der Waals surface area contributed by atoms with Crippen molar-refractivity contribution < 1.29 is 9.59 Å². The molecular weight excluding hydrogens is 298 g/mol. The Morgan fingerprint density at radius 1 is 1.45 bits per heavy atom. The lowest BCUT2D eigenvalue weighted by Crippen LogP contribution is -2.46. The van der Waals surface area contributed by atoms with Crippen molar-refractivity contribution >= 4 is 41.0 Å². The van der Waals surface area contributed by atoms with Crippen LogP contribution in [0.4, 0.5) is 10.5 Å². The molecule has 0 aliphatic heterocycles. The molecule has 5 nitrogen and oxygen atoms in total. The molecule has 1 rings (SSSR count). The zero-order valence-corrected chi connectivity index (χ0v) is 13.0. The predicted molar refractivity (Wildman–Crippen MR) is 84.3 cm³/mol. The maximum Gasteiger partial charge on any atom is 0.312 e. The minimum absolute atomic E-state index is 0.330. The Hall–Kier alpha value is -1.40. The number of hydrogen-bond donors (Lipinski definition) is 3. The number of aryl methyl sites for hydroxylation is 1. The highest BCUT2D eigenvalue weighted by atomic mass is 35.5. The molecule has 0 saturated heterocycles. The number of primary amides is 1. The van der Waals surface area contributed by atoms with Crippen LogP contribution in [0.15, 0.2) is 18.2 Å². The number of thioether (sulfide) groups is 1. The number of urea groups is 1. The summed E-state index contributed by atoms with van der Waals surface area (Å²) >= 11 is 7.65. The van der Waals surface area contributed by atoms with E-state index in [-0.39, 0.29) is 5.91 Å². The molecule has 1 aromatic carbocycles. The van der Waals surface area contributed by atoms with Gasteiger partial charge in [0.2, 0.25) is 5.91 Å². The molecule has 0 aromatic heterocycles. The minimum atomic E-state index is -0.721. The summed E-state index contributed by atoms with van der Waals surface area (Å²) in [6.45, 7) is 1.91. The van der Waals surface area contributed by atoms with Crippen molar-refractivity contribution in [1.29, 1.82) is 0 Å². The van der Waals surface area contributed by atoms with Gasteiger partial charge in [-0.15, -0.1) is 0 Å². The van der Waals surface area contributed by atoms with E-state index in [1.165, 1.54) is 0 Å². The van der Waals surface area contributed by atoms with Crippen LogP contribution in [0.25, 0.3) is 0 Å². The number of nitrogens with one attached hydrogen (secondary N) is 2. The maximum absolute atomic E-state index is 12.1. The molecule has 1 atom stereocenters. The molecule has 1 aromatic rings. The SMILES string of the molecule is CSCCC(NC(N)=O)C(=O)Nc1ccc(C)cc1Cl. The highest BCUT2D eigenvalue weighted by Crippen LogP contribution is 2.23. The molecule has 0 radical (unpaired) electrons. The molecule has 3 amide bonds. The van der Waals surface area contributed by atoms with Crippen LogP contribution in [0.1, 0.15) is 12.0 Å². The number of carbonyl (C=O) groups is 2. The van der Waals surface area contributed by atoms with E-state index in [0.717, 1.165) is 11.3 Å². The van der Waals surface area contributed by atoms with Gasteiger partial charge in [0.15, 0.2) is 0 Å². The van der Waals surface area contributed by atoms with Crippen molar-refractivity contribution in [2.45, 2.75) is 19.4 Å². The van der Waals surface area contributed by atoms with E-state index in [1.807, 2.05) is 19.2 Å². The summed E-state index contributed by atoms with van der Waals surface area (Å²) in [5, 5.41) is 5.60. The van der Waals surface area contributed by atoms with E-state index in [4.69, 9.17) is 17.3 Å². The molecule has 0 bridgehead atoms. The monoisotopic (exact) mass is 315 g/mol. The van der Waals surface area contributed by atoms with Gasteiger partial charge in [0, 0.05) is 0 Å². The van der Waals surface area contributed by atoms with Gasteiger partial charge in [-0.05, 0) is 43.0 Å². The third kappa shape index (κ3) is 5.30. The molecule has 1 unspecified atom stereocenters. The number of rotatable bonds is 6. The van der Waals surface area contributed by atoms with Crippen LogP contribution in [0, 0.1) is 6.92 Å². The van der Waals surface area contributed by atoms with Gasteiger partial charge in [0.1, 0.15) is 6.04 Å². The van der Waals surface area contributed by atoms with Crippen molar-refractivity contribution in [2.24, 2.45) is 5.73 Å². The standard InChI is InChI=1S/C13H18ClN3O2S/c1-8-3-4-10(9(14)7-8)16-12(18)11(5-6-20-2)17-13(15)19/h3-4,7,11H,5-6H2,1-2H3,(H,16,18)(H3,15,17,19). The van der Waals surface area contributed by atoms with Crippen LogP contribution in [0.3, 0.4) is 0 Å². The van der Waals surface area contributed by atoms with Crippen LogP contribution in [-0.2, 0) is 4.79 Å². The number of amides is 3. The van der Waals surface area contributed by atoms with Gasteiger partial charge < -0.3 is 16.4 Å². The van der Waals surface area contributed by atoms with Crippen LogP contribution in [0.2, 0.25) is 5.02 Å². The van der Waals surface area contributed by atoms with Gasteiger partial charge in [0.25, 0.3) is 0 Å². The summed E-state index contributed by atoms with van der Waals surface area (Å²) in [5.74, 6) is 0.406. The zero-order chi connectivity index (χ0) is 15.1. The van der Waals surface area contributed by atoms with Crippen molar-refractivity contribution in [3.05, 3.63) is 28.8 Å². The second-order valence-electron chi connectivity index (χ2n) is 4.32. The van der Waals surface area contributed by atoms with Crippen molar-refractivity contribution in [2.75, 3.05) is 17.3 Å². The molecule has 0 aliphatic carbocycles. The fourth-order valence-corrected chi connectivity index (χ4v) is 2.37. The van der Waals surface area contributed by atoms with E-state index in [1.54, 1.807) is 23.9 Å². The third-order valence-electron chi connectivity index (χ3n) is 2.63. The molecule has 0 spiro atoms. The first-order valence-corrected chi connectivity index (χ1v) is 7.83. The summed E-state index contributed by atoms with van der Waals surface area (Å²) < 4.78 is 0. The van der Waals surface area contributed by atoms with Crippen molar-refractivity contribution in [1.82, 2.24) is 5.32 Å². The predicted octanol–water partition coefficient (Wildman–Crippen LogP) is 2.38. The Bertz CT molecular complexity index is 497. The van der Waals surface area contributed by atoms with Gasteiger partial charge in [-0.2, -0.15) is 11.8 Å². The van der Waals surface area contributed by atoms with Crippen molar-refractivity contribution in [3.63, 3.8) is 0 Å². The Morgan fingerprint density at radius 2 is 2.15 bits per heavy atom. The Labute approximate surface area is 127 Å². The van der Waals surface area contributed by atoms with Gasteiger partial charge >= 0.3 is 6.03 Å². The number of anilines is 1. The molecule has 0 heterocycles. The van der Waals surface area contributed by atoms with Gasteiger partial charge in [-0.3, -0.25) is 4.79 Å². The van der Waals surface area contributed by atoms with Crippen LogP contribution in [0.5, 0.6) is 0 Å². The second kappa shape index (κ2) is 8.01. The molecule has 20 heavy (non-hydrogen) atoms. The fourth-order valence-electron chi connectivity index (χ4n) is 1.62. The smallest absolute Gasteiger partial charge is 0.312 e. The van der Waals surface area contributed by atoms with Gasteiger partial charge in [-0.1, -0.05) is 17.7 Å². The normalized spacial score (nSPS) is 11.8. The molecular formula is C13H18ClN3O2S. The van der Waals surface area contributed by atoms with E-state index in [0.29, 0.717) is 17.1 Å². The Balaban J connectivity index is 2.76. The Morgan fingerprint density at radius 3 is 2.70 bits per heavy atom. The first-order valence-electron chi connectivity index (χ1n) is 6.06. The van der Waals surface area contributed by atoms with Gasteiger partial charge in [-0.25, -0.2) is 4.79 Å². The number of nitrogens with two attached hydrogens (primary N) is 1. The van der Waals surface area contributed by atoms with Crippen LogP contribution in [-0.4, -0.2) is 30.0 Å². The number of benzene rings is 1. The summed E-state index contributed by atoms with van der Waals surface area (Å²) in [7, 11) is 0. The topological polar surface area (TPSA) is 84.2 Å². The number of hydrogen-bond acceptors (Lipinski definition) is 3. The Kier molecular flexibility index (Phi) is 6.67. The lowest BCUT2D eigenvalue weighted by atomic mass is 10.2. The maximum atomic E-state index is 12.1. The third-order valence-corrected chi connectivity index (χ3v) is 3.58. The second-order valence-corrected chi connectivity index (χ2v) is 5.71. The summed E-state index contributed by atoms with van der Waals surface area (Å²) in [4.78, 5) is 23.1. The molecule has 0 saturated carbocycles. The first-order chi connectivity index (χ1) is 9.43. The molecule has 0 fully saturated rings. The van der Waals surface area contributed by atoms with Crippen molar-refractivity contribution in [3.8, 4) is 0 Å². The van der Waals surface area contributed by atoms with E-state index in [9.17, 15) is 9.59 Å². The average molecular weight is 316 g/mol. The molecule has 4 N–H and O–H groups in total. The number of halogens is 1. The van der Waals surface area contributed by atoms with E-state index in [2.05, 4.69) is 10.6 Å². The van der Waals surface area contributed by atoms with E-state index >= 15 is 0 Å². The average Bonchev–Trinajstić information content (AvgIpc) is 2.37. The first kappa shape index (κ1) is 16.7. The summed E-state index contributed by atoms with van der Waals surface area (Å²) in [5.41, 5.74) is 6.60. The summed E-state index contributed by atoms with van der Waals surface area (Å²) in [6, 6.07) is 3.94. The highest BCUT2D eigenvalue weighted by molar-refractivity contribution is 7.98. The lowest BCUT2D eigenvalue weighted by Gasteiger charge is -2.17. The minimum Gasteiger partial charge on any atom is -0.352 e. The molecule has 0 aliphatic rings. The van der Waals surface area contributed by atoms with Gasteiger partial charge in [0.05, 0.1) is 10.7 Å². The lowest BCUT2D eigenvalue weighted by molar-refractivity contribution is -0.117. The quantitative estimate of drug-likeness (QED) is 0.753. The van der Waals surface area contributed by atoms with E-state index < -0.39 is 12.1 Å². The zero-order valence-electron chi connectivity index (χ0n) is 11.4. The summed E-state index contributed by atoms with van der Waals surface area (Å²) in [6.07, 6.45) is 2.43. The fraction of sp³-hybridized carbons (Fsp3) is 0.385. The largest absolute Gasteiger partial charge is 0.352 e. The number of carbonyl (C=O) groups excluding carboxylic acids is 2. The van der Waals surface area contributed by atoms with Crippen LogP contribution >= 0.6 is 23.4 Å². The van der Waals surface area contributed by atoms with Crippen LogP contribution < -0.4 is 16.4 Å². The molecule has 110 valence electrons. The highest BCUT2D eigenvalue weighted by Gasteiger charge is 2.20.